The first-order valence-electron chi connectivity index (χ1n) is 6.50. The first kappa shape index (κ1) is 14.7. The molecule has 2 N–H and O–H groups in total. The second-order valence-corrected chi connectivity index (χ2v) is 5.38. The number of aryl methyl sites for hydroxylation is 1. The number of halogens is 1. The Kier molecular flexibility index (Phi) is 4.90. The molecule has 0 aliphatic rings. The minimum atomic E-state index is 0.419. The van der Waals surface area contributed by atoms with Gasteiger partial charge in [-0.3, -0.25) is 0 Å². The lowest BCUT2D eigenvalue weighted by molar-refractivity contribution is 0.285. The monoisotopic (exact) mass is 335 g/mol. The van der Waals surface area contributed by atoms with Crippen molar-refractivity contribution in [1.29, 1.82) is 0 Å². The molecular weight excluding hydrogens is 318 g/mol. The third kappa shape index (κ3) is 3.67. The number of rotatable bonds is 5. The number of hydrogen-bond donors (Lipinski definition) is 1. The van der Waals surface area contributed by atoms with Crippen LogP contribution in [0, 0.1) is 6.92 Å². The van der Waals surface area contributed by atoms with Gasteiger partial charge in [0.05, 0.1) is 11.1 Å². The molecule has 0 fully saturated rings. The lowest BCUT2D eigenvalue weighted by Gasteiger charge is -2.13. The number of nitrogen functional groups attached to an aromatic ring is 1. The molecule has 0 atom stereocenters. The summed E-state index contributed by atoms with van der Waals surface area (Å²) in [4.78, 5) is 0. The highest BCUT2D eigenvalue weighted by atomic mass is 79.9. The molecule has 0 radical (unpaired) electrons. The van der Waals surface area contributed by atoms with E-state index in [1.165, 1.54) is 5.56 Å². The highest BCUT2D eigenvalue weighted by molar-refractivity contribution is 9.10. The van der Waals surface area contributed by atoms with Crippen molar-refractivity contribution in [2.75, 3.05) is 12.3 Å². The summed E-state index contributed by atoms with van der Waals surface area (Å²) in [6, 6.07) is 11.6. The van der Waals surface area contributed by atoms with Crippen LogP contribution in [0.4, 0.5) is 5.69 Å². The summed E-state index contributed by atoms with van der Waals surface area (Å²) in [6.45, 7) is 5.03. The van der Waals surface area contributed by atoms with Gasteiger partial charge in [0.15, 0.2) is 0 Å². The van der Waals surface area contributed by atoms with E-state index in [1.807, 2.05) is 50.2 Å². The third-order valence-corrected chi connectivity index (χ3v) is 3.47. The molecule has 0 aliphatic heterocycles. The van der Waals surface area contributed by atoms with Crippen molar-refractivity contribution in [3.8, 4) is 11.5 Å². The Morgan fingerprint density at radius 2 is 1.80 bits per heavy atom. The Morgan fingerprint density at radius 3 is 2.50 bits per heavy atom. The van der Waals surface area contributed by atoms with E-state index in [-0.39, 0.29) is 0 Å². The summed E-state index contributed by atoms with van der Waals surface area (Å²) in [6.07, 6.45) is 0. The van der Waals surface area contributed by atoms with E-state index < -0.39 is 0 Å². The van der Waals surface area contributed by atoms with Crippen LogP contribution in [0.1, 0.15) is 18.1 Å². The van der Waals surface area contributed by atoms with E-state index >= 15 is 0 Å². The second-order valence-electron chi connectivity index (χ2n) is 4.52. The van der Waals surface area contributed by atoms with E-state index in [9.17, 15) is 0 Å². The summed E-state index contributed by atoms with van der Waals surface area (Å²) in [5.41, 5.74) is 8.65. The van der Waals surface area contributed by atoms with Gasteiger partial charge in [-0.1, -0.05) is 6.07 Å². The molecule has 0 aliphatic carbocycles. The fraction of sp³-hybridized carbons (Fsp3) is 0.250. The quantitative estimate of drug-likeness (QED) is 0.827. The molecule has 0 amide bonds. The van der Waals surface area contributed by atoms with Crippen molar-refractivity contribution in [3.63, 3.8) is 0 Å². The molecule has 0 unspecified atom stereocenters. The Morgan fingerprint density at radius 1 is 1.05 bits per heavy atom. The van der Waals surface area contributed by atoms with Crippen molar-refractivity contribution < 1.29 is 9.47 Å². The Bertz CT molecular complexity index is 599. The van der Waals surface area contributed by atoms with Gasteiger partial charge in [-0.25, -0.2) is 0 Å². The van der Waals surface area contributed by atoms with Crippen LogP contribution in [0.15, 0.2) is 40.9 Å². The van der Waals surface area contributed by atoms with Crippen LogP contribution in [-0.4, -0.2) is 6.61 Å². The van der Waals surface area contributed by atoms with Gasteiger partial charge in [0.25, 0.3) is 0 Å². The average Bonchev–Trinajstić information content (AvgIpc) is 2.41. The van der Waals surface area contributed by atoms with E-state index in [0.717, 1.165) is 21.5 Å². The molecule has 106 valence electrons. The molecule has 0 aromatic heterocycles. The first-order valence-corrected chi connectivity index (χ1v) is 7.29. The summed E-state index contributed by atoms with van der Waals surface area (Å²) in [5.74, 6) is 1.62. The van der Waals surface area contributed by atoms with Gasteiger partial charge in [-0.15, -0.1) is 0 Å². The number of benzene rings is 2. The van der Waals surface area contributed by atoms with Crippen LogP contribution in [0.5, 0.6) is 11.5 Å². The Balaban J connectivity index is 2.15. The van der Waals surface area contributed by atoms with Crippen LogP contribution in [0.2, 0.25) is 0 Å². The zero-order valence-corrected chi connectivity index (χ0v) is 13.2. The molecule has 0 heterocycles. The van der Waals surface area contributed by atoms with Crippen molar-refractivity contribution in [2.45, 2.75) is 20.5 Å². The maximum absolute atomic E-state index is 5.84. The Hall–Kier alpha value is -1.68. The van der Waals surface area contributed by atoms with Gasteiger partial charge >= 0.3 is 0 Å². The maximum atomic E-state index is 5.84. The van der Waals surface area contributed by atoms with Crippen LogP contribution in [0.25, 0.3) is 0 Å². The summed E-state index contributed by atoms with van der Waals surface area (Å²) in [5, 5.41) is 0. The van der Waals surface area contributed by atoms with Crippen molar-refractivity contribution in [3.05, 3.63) is 52.0 Å². The first-order chi connectivity index (χ1) is 9.60. The number of nitrogens with two attached hydrogens (primary N) is 1. The van der Waals surface area contributed by atoms with Crippen LogP contribution in [0.3, 0.4) is 0 Å². The summed E-state index contributed by atoms with van der Waals surface area (Å²) >= 11 is 3.50. The van der Waals surface area contributed by atoms with Gasteiger partial charge in [-0.05, 0) is 65.7 Å². The van der Waals surface area contributed by atoms with Crippen molar-refractivity contribution in [1.82, 2.24) is 0 Å². The molecule has 20 heavy (non-hydrogen) atoms. The predicted molar refractivity (Wildman–Crippen MR) is 85.2 cm³/mol. The highest BCUT2D eigenvalue weighted by Gasteiger charge is 2.07. The second kappa shape index (κ2) is 6.66. The molecular formula is C16H18BrNO2. The standard InChI is InChI=1S/C16H18BrNO2/c1-3-19-15-7-5-13(18)9-12(15)10-20-16-6-4-11(2)8-14(16)17/h4-9H,3,10,18H2,1-2H3. The van der Waals surface area contributed by atoms with E-state index in [2.05, 4.69) is 15.9 Å². The SMILES string of the molecule is CCOc1ccc(N)cc1COc1ccc(C)cc1Br. The van der Waals surface area contributed by atoms with Crippen molar-refractivity contribution in [2.24, 2.45) is 0 Å². The van der Waals surface area contributed by atoms with Crippen molar-refractivity contribution >= 4 is 21.6 Å². The lowest BCUT2D eigenvalue weighted by atomic mass is 10.2. The largest absolute Gasteiger partial charge is 0.493 e. The minimum absolute atomic E-state index is 0.419. The zero-order chi connectivity index (χ0) is 14.5. The predicted octanol–water partition coefficient (Wildman–Crippen LogP) is 4.32. The number of anilines is 1. The van der Waals surface area contributed by atoms with E-state index in [4.69, 9.17) is 15.2 Å². The van der Waals surface area contributed by atoms with Gasteiger partial charge in [0.2, 0.25) is 0 Å². The van der Waals surface area contributed by atoms with Gasteiger partial charge in [-0.2, -0.15) is 0 Å². The van der Waals surface area contributed by atoms with Crippen LogP contribution < -0.4 is 15.2 Å². The molecule has 2 aromatic rings. The summed E-state index contributed by atoms with van der Waals surface area (Å²) < 4.78 is 12.4. The molecule has 2 rings (SSSR count). The zero-order valence-electron chi connectivity index (χ0n) is 11.7. The molecule has 3 nitrogen and oxygen atoms in total. The normalized spacial score (nSPS) is 10.3. The molecule has 4 heteroatoms. The van der Waals surface area contributed by atoms with Crippen LogP contribution >= 0.6 is 15.9 Å². The fourth-order valence-electron chi connectivity index (χ4n) is 1.89. The third-order valence-electron chi connectivity index (χ3n) is 2.85. The topological polar surface area (TPSA) is 44.5 Å². The average molecular weight is 336 g/mol. The molecule has 2 aromatic carbocycles. The smallest absolute Gasteiger partial charge is 0.134 e. The highest BCUT2D eigenvalue weighted by Crippen LogP contribution is 2.28. The molecule has 0 spiro atoms. The Labute approximate surface area is 127 Å². The van der Waals surface area contributed by atoms with E-state index in [1.54, 1.807) is 0 Å². The van der Waals surface area contributed by atoms with Crippen LogP contribution in [-0.2, 0) is 6.61 Å². The van der Waals surface area contributed by atoms with Gasteiger partial charge in [0.1, 0.15) is 18.1 Å². The number of ether oxygens (including phenoxy) is 2. The summed E-state index contributed by atoms with van der Waals surface area (Å²) in [7, 11) is 0. The minimum Gasteiger partial charge on any atom is -0.493 e. The van der Waals surface area contributed by atoms with Gasteiger partial charge in [0, 0.05) is 11.3 Å². The maximum Gasteiger partial charge on any atom is 0.134 e. The molecule has 0 bridgehead atoms. The fourth-order valence-corrected chi connectivity index (χ4v) is 2.49. The number of hydrogen-bond acceptors (Lipinski definition) is 3. The van der Waals surface area contributed by atoms with Gasteiger partial charge < -0.3 is 15.2 Å². The van der Waals surface area contributed by atoms with E-state index in [0.29, 0.717) is 18.9 Å². The lowest BCUT2D eigenvalue weighted by Crippen LogP contribution is -2.02. The molecule has 0 saturated carbocycles. The molecule has 0 saturated heterocycles.